The number of rotatable bonds is 7. The second-order valence-electron chi connectivity index (χ2n) is 7.95. The zero-order valence-corrected chi connectivity index (χ0v) is 15.0. The summed E-state index contributed by atoms with van der Waals surface area (Å²) in [5.74, 6) is 0. The Morgan fingerprint density at radius 3 is 2.45 bits per heavy atom. The third kappa shape index (κ3) is 7.48. The molecular formula is C18H36N2O2. The number of amides is 2. The van der Waals surface area contributed by atoms with Crippen molar-refractivity contribution in [3.05, 3.63) is 0 Å². The maximum absolute atomic E-state index is 12.6. The van der Waals surface area contributed by atoms with Crippen molar-refractivity contribution in [3.8, 4) is 0 Å². The highest BCUT2D eigenvalue weighted by atomic mass is 16.3. The summed E-state index contributed by atoms with van der Waals surface area (Å²) in [5, 5.41) is 13.1. The lowest BCUT2D eigenvalue weighted by Crippen LogP contribution is -2.52. The van der Waals surface area contributed by atoms with Crippen molar-refractivity contribution in [1.29, 1.82) is 0 Å². The average molecular weight is 312 g/mol. The third-order valence-electron chi connectivity index (χ3n) is 4.27. The van der Waals surface area contributed by atoms with Crippen molar-refractivity contribution in [3.63, 3.8) is 0 Å². The van der Waals surface area contributed by atoms with Crippen molar-refractivity contribution >= 4 is 6.03 Å². The topological polar surface area (TPSA) is 52.6 Å². The zero-order chi connectivity index (χ0) is 16.6. The van der Waals surface area contributed by atoms with Gasteiger partial charge in [0, 0.05) is 13.1 Å². The third-order valence-corrected chi connectivity index (χ3v) is 4.27. The van der Waals surface area contributed by atoms with E-state index >= 15 is 0 Å². The van der Waals surface area contributed by atoms with E-state index in [-0.39, 0.29) is 23.6 Å². The van der Waals surface area contributed by atoms with E-state index < -0.39 is 0 Å². The fraction of sp³-hybridized carbons (Fsp3) is 0.944. The lowest BCUT2D eigenvalue weighted by molar-refractivity contribution is 0.0877. The van der Waals surface area contributed by atoms with Gasteiger partial charge < -0.3 is 15.3 Å². The maximum atomic E-state index is 12.6. The molecule has 2 atom stereocenters. The molecule has 0 bridgehead atoms. The minimum absolute atomic E-state index is 0.00243. The van der Waals surface area contributed by atoms with E-state index in [1.165, 1.54) is 19.3 Å². The first kappa shape index (κ1) is 19.3. The van der Waals surface area contributed by atoms with Gasteiger partial charge in [-0.15, -0.1) is 0 Å². The number of unbranched alkanes of at least 4 members (excludes halogenated alkanes) is 3. The van der Waals surface area contributed by atoms with Gasteiger partial charge in [0.2, 0.25) is 0 Å². The van der Waals surface area contributed by atoms with E-state index in [0.29, 0.717) is 0 Å². The average Bonchev–Trinajstić information content (AvgIpc) is 2.43. The Hall–Kier alpha value is -0.770. The number of hydrogen-bond acceptors (Lipinski definition) is 2. The van der Waals surface area contributed by atoms with Crippen LogP contribution in [0.2, 0.25) is 0 Å². The van der Waals surface area contributed by atoms with Crippen molar-refractivity contribution in [2.75, 3.05) is 13.1 Å². The Kier molecular flexibility index (Phi) is 8.23. The Morgan fingerprint density at radius 1 is 1.18 bits per heavy atom. The number of carbonyl (C=O) groups is 1. The zero-order valence-electron chi connectivity index (χ0n) is 15.0. The van der Waals surface area contributed by atoms with Crippen molar-refractivity contribution in [2.24, 2.45) is 5.41 Å². The molecule has 4 nitrogen and oxygen atoms in total. The number of nitrogens with one attached hydrogen (secondary N) is 1. The molecule has 22 heavy (non-hydrogen) atoms. The normalized spacial score (nSPS) is 22.4. The van der Waals surface area contributed by atoms with Gasteiger partial charge in [-0.2, -0.15) is 0 Å². The molecular weight excluding hydrogens is 276 g/mol. The summed E-state index contributed by atoms with van der Waals surface area (Å²) < 4.78 is 0. The fourth-order valence-electron chi connectivity index (χ4n) is 3.08. The number of hydrogen-bond donors (Lipinski definition) is 2. The predicted molar refractivity (Wildman–Crippen MR) is 92.0 cm³/mol. The fourth-order valence-corrected chi connectivity index (χ4v) is 3.08. The molecule has 1 fully saturated rings. The van der Waals surface area contributed by atoms with Crippen LogP contribution in [0.15, 0.2) is 0 Å². The molecule has 0 spiro atoms. The number of nitrogens with zero attached hydrogens (tertiary/aromatic N) is 1. The molecule has 1 aliphatic rings. The van der Waals surface area contributed by atoms with Gasteiger partial charge in [0.1, 0.15) is 0 Å². The first-order valence-corrected chi connectivity index (χ1v) is 9.07. The summed E-state index contributed by atoms with van der Waals surface area (Å²) in [6.07, 6.45) is 8.16. The standard InChI is InChI=1S/C18H36N2O2/c1-5-6-7-10-13-20(14-18(2,3)4)17(22)19-15-11-8-9-12-16(15)21/h15-16,21H,5-14H2,1-4H3,(H,19,22)/t15-,16-/m0/s1. The summed E-state index contributed by atoms with van der Waals surface area (Å²) in [6, 6.07) is -0.0725. The SMILES string of the molecule is CCCCCCN(CC(C)(C)C)C(=O)N[C@H]1CCCC[C@@H]1O. The Balaban J connectivity index is 2.53. The first-order chi connectivity index (χ1) is 10.3. The molecule has 0 saturated heterocycles. The van der Waals surface area contributed by atoms with E-state index in [0.717, 1.165) is 45.2 Å². The van der Waals surface area contributed by atoms with Crippen LogP contribution in [0.3, 0.4) is 0 Å². The largest absolute Gasteiger partial charge is 0.391 e. The maximum Gasteiger partial charge on any atom is 0.317 e. The second-order valence-corrected chi connectivity index (χ2v) is 7.95. The Bertz CT molecular complexity index is 326. The molecule has 2 N–H and O–H groups in total. The van der Waals surface area contributed by atoms with Crippen LogP contribution in [0, 0.1) is 5.41 Å². The highest BCUT2D eigenvalue weighted by Crippen LogP contribution is 2.20. The first-order valence-electron chi connectivity index (χ1n) is 9.07. The second kappa shape index (κ2) is 9.39. The summed E-state index contributed by atoms with van der Waals surface area (Å²) in [6.45, 7) is 10.3. The predicted octanol–water partition coefficient (Wildman–Crippen LogP) is 3.93. The monoisotopic (exact) mass is 312 g/mol. The molecule has 1 saturated carbocycles. The summed E-state index contributed by atoms with van der Waals surface area (Å²) in [5.41, 5.74) is 0.0906. The van der Waals surface area contributed by atoms with Crippen molar-refractivity contribution < 1.29 is 9.90 Å². The molecule has 1 rings (SSSR count). The molecule has 1 aliphatic carbocycles. The Morgan fingerprint density at radius 2 is 1.86 bits per heavy atom. The van der Waals surface area contributed by atoms with Gasteiger partial charge >= 0.3 is 6.03 Å². The lowest BCUT2D eigenvalue weighted by Gasteiger charge is -2.34. The van der Waals surface area contributed by atoms with Crippen LogP contribution in [-0.2, 0) is 0 Å². The van der Waals surface area contributed by atoms with E-state index in [2.05, 4.69) is 33.0 Å². The summed E-state index contributed by atoms with van der Waals surface area (Å²) in [7, 11) is 0. The molecule has 0 heterocycles. The van der Waals surface area contributed by atoms with Crippen LogP contribution in [0.1, 0.15) is 79.1 Å². The molecule has 0 aromatic carbocycles. The van der Waals surface area contributed by atoms with Gasteiger partial charge in [-0.25, -0.2) is 4.79 Å². The summed E-state index contributed by atoms with van der Waals surface area (Å²) in [4.78, 5) is 14.5. The minimum Gasteiger partial charge on any atom is -0.391 e. The molecule has 0 aliphatic heterocycles. The van der Waals surface area contributed by atoms with Gasteiger partial charge in [0.25, 0.3) is 0 Å². The van der Waals surface area contributed by atoms with Crippen LogP contribution in [-0.4, -0.2) is 41.3 Å². The van der Waals surface area contributed by atoms with Gasteiger partial charge in [0.05, 0.1) is 12.1 Å². The minimum atomic E-state index is -0.380. The number of carbonyl (C=O) groups excluding carboxylic acids is 1. The van der Waals surface area contributed by atoms with Gasteiger partial charge in [-0.3, -0.25) is 0 Å². The van der Waals surface area contributed by atoms with Crippen LogP contribution >= 0.6 is 0 Å². The Labute approximate surface area is 136 Å². The van der Waals surface area contributed by atoms with E-state index in [9.17, 15) is 9.90 Å². The number of aliphatic hydroxyl groups is 1. The molecule has 0 unspecified atom stereocenters. The van der Waals surface area contributed by atoms with E-state index in [1.54, 1.807) is 0 Å². The highest BCUT2D eigenvalue weighted by Gasteiger charge is 2.27. The van der Waals surface area contributed by atoms with Crippen molar-refractivity contribution in [1.82, 2.24) is 10.2 Å². The molecule has 2 amide bonds. The van der Waals surface area contributed by atoms with E-state index in [1.807, 2.05) is 4.90 Å². The van der Waals surface area contributed by atoms with Crippen LogP contribution in [0.5, 0.6) is 0 Å². The van der Waals surface area contributed by atoms with E-state index in [4.69, 9.17) is 0 Å². The number of aliphatic hydroxyl groups excluding tert-OH is 1. The van der Waals surface area contributed by atoms with Gasteiger partial charge in [-0.1, -0.05) is 59.8 Å². The molecule has 0 aromatic rings. The number of urea groups is 1. The quantitative estimate of drug-likeness (QED) is 0.700. The van der Waals surface area contributed by atoms with Crippen molar-refractivity contribution in [2.45, 2.75) is 91.2 Å². The smallest absolute Gasteiger partial charge is 0.317 e. The molecule has 130 valence electrons. The van der Waals surface area contributed by atoms with Crippen LogP contribution in [0.4, 0.5) is 4.79 Å². The highest BCUT2D eigenvalue weighted by molar-refractivity contribution is 5.74. The van der Waals surface area contributed by atoms with Gasteiger partial charge in [-0.05, 0) is 24.7 Å². The molecule has 0 aromatic heterocycles. The molecule has 4 heteroatoms. The molecule has 0 radical (unpaired) electrons. The summed E-state index contributed by atoms with van der Waals surface area (Å²) >= 11 is 0. The van der Waals surface area contributed by atoms with Crippen LogP contribution in [0.25, 0.3) is 0 Å². The van der Waals surface area contributed by atoms with Crippen LogP contribution < -0.4 is 5.32 Å². The lowest BCUT2D eigenvalue weighted by atomic mass is 9.92. The van der Waals surface area contributed by atoms with Gasteiger partial charge in [0.15, 0.2) is 0 Å².